The van der Waals surface area contributed by atoms with Gasteiger partial charge in [-0.1, -0.05) is 5.57 Å². The predicted octanol–water partition coefficient (Wildman–Crippen LogP) is 4.01. The average molecular weight is 189 g/mol. The summed E-state index contributed by atoms with van der Waals surface area (Å²) >= 11 is 0. The highest BCUT2D eigenvalue weighted by Gasteiger charge is 2.20. The monoisotopic (exact) mass is 189 g/mol. The Bertz CT molecular complexity index is 331. The molecule has 76 valence electrons. The molecule has 0 bridgehead atoms. The molecule has 0 aromatic heterocycles. The lowest BCUT2D eigenvalue weighted by Gasteiger charge is -2.09. The van der Waals surface area contributed by atoms with Crippen LogP contribution >= 0.6 is 0 Å². The van der Waals surface area contributed by atoms with Crippen molar-refractivity contribution in [3.05, 3.63) is 22.3 Å². The van der Waals surface area contributed by atoms with Gasteiger partial charge in [0.2, 0.25) is 0 Å². The molecule has 1 saturated carbocycles. The summed E-state index contributed by atoms with van der Waals surface area (Å²) in [6.07, 6.45) is 7.17. The minimum absolute atomic E-state index is 0.898. The van der Waals surface area contributed by atoms with Gasteiger partial charge in [-0.2, -0.15) is 0 Å². The van der Waals surface area contributed by atoms with Gasteiger partial charge in [-0.3, -0.25) is 0 Å². The van der Waals surface area contributed by atoms with E-state index in [9.17, 15) is 0 Å². The summed E-state index contributed by atoms with van der Waals surface area (Å²) in [4.78, 5) is 0. The fraction of sp³-hybridized carbons (Fsp3) is 0.615. The van der Waals surface area contributed by atoms with E-state index in [1.807, 2.05) is 0 Å². The summed E-state index contributed by atoms with van der Waals surface area (Å²) < 4.78 is 0. The van der Waals surface area contributed by atoms with Crippen molar-refractivity contribution < 1.29 is 0 Å². The smallest absolute Gasteiger partial charge is 0.0348 e. The SMILES string of the molecule is CC1=C(/C(C)=C2/CCCC2=N)CCC1. The van der Waals surface area contributed by atoms with Crippen LogP contribution in [0.4, 0.5) is 0 Å². The number of nitrogens with one attached hydrogen (secondary N) is 1. The highest BCUT2D eigenvalue weighted by atomic mass is 14.5. The van der Waals surface area contributed by atoms with Crippen LogP contribution in [-0.2, 0) is 0 Å². The van der Waals surface area contributed by atoms with E-state index in [4.69, 9.17) is 5.41 Å². The molecular weight excluding hydrogens is 170 g/mol. The molecule has 14 heavy (non-hydrogen) atoms. The zero-order valence-corrected chi connectivity index (χ0v) is 9.24. The van der Waals surface area contributed by atoms with E-state index >= 15 is 0 Å². The van der Waals surface area contributed by atoms with Crippen molar-refractivity contribution in [1.82, 2.24) is 0 Å². The fourth-order valence-corrected chi connectivity index (χ4v) is 2.74. The van der Waals surface area contributed by atoms with E-state index in [0.29, 0.717) is 0 Å². The van der Waals surface area contributed by atoms with Crippen LogP contribution in [0.3, 0.4) is 0 Å². The van der Waals surface area contributed by atoms with Gasteiger partial charge in [-0.25, -0.2) is 0 Å². The van der Waals surface area contributed by atoms with Crippen LogP contribution in [0, 0.1) is 5.41 Å². The Morgan fingerprint density at radius 2 is 1.79 bits per heavy atom. The Morgan fingerprint density at radius 3 is 2.29 bits per heavy atom. The fourth-order valence-electron chi connectivity index (χ4n) is 2.74. The number of hydrogen-bond acceptors (Lipinski definition) is 1. The summed E-state index contributed by atoms with van der Waals surface area (Å²) in [5.41, 5.74) is 6.81. The normalized spacial score (nSPS) is 26.3. The van der Waals surface area contributed by atoms with Crippen LogP contribution in [0.2, 0.25) is 0 Å². The molecule has 2 aliphatic rings. The van der Waals surface area contributed by atoms with Crippen molar-refractivity contribution in [3.8, 4) is 0 Å². The van der Waals surface area contributed by atoms with Crippen molar-refractivity contribution in [3.63, 3.8) is 0 Å². The van der Waals surface area contributed by atoms with E-state index < -0.39 is 0 Å². The van der Waals surface area contributed by atoms with Crippen molar-refractivity contribution >= 4 is 5.71 Å². The molecule has 2 aliphatic carbocycles. The van der Waals surface area contributed by atoms with Gasteiger partial charge in [0.25, 0.3) is 0 Å². The second kappa shape index (κ2) is 3.72. The van der Waals surface area contributed by atoms with Crippen LogP contribution in [0.15, 0.2) is 22.3 Å². The van der Waals surface area contributed by atoms with Gasteiger partial charge in [0.1, 0.15) is 0 Å². The molecule has 0 heterocycles. The minimum atomic E-state index is 0.898. The Labute approximate surface area is 86.4 Å². The molecule has 0 atom stereocenters. The van der Waals surface area contributed by atoms with Crippen molar-refractivity contribution in [2.75, 3.05) is 0 Å². The maximum absolute atomic E-state index is 7.89. The maximum Gasteiger partial charge on any atom is 0.0348 e. The largest absolute Gasteiger partial charge is 0.305 e. The van der Waals surface area contributed by atoms with Gasteiger partial charge in [0, 0.05) is 5.71 Å². The van der Waals surface area contributed by atoms with E-state index in [1.54, 1.807) is 11.1 Å². The lowest BCUT2D eigenvalue weighted by molar-refractivity contribution is 0.891. The summed E-state index contributed by atoms with van der Waals surface area (Å²) in [6, 6.07) is 0. The molecule has 0 unspecified atom stereocenters. The molecule has 2 rings (SSSR count). The molecule has 0 amide bonds. The minimum Gasteiger partial charge on any atom is -0.305 e. The predicted molar refractivity (Wildman–Crippen MR) is 60.8 cm³/mol. The highest BCUT2D eigenvalue weighted by Crippen LogP contribution is 2.35. The van der Waals surface area contributed by atoms with Crippen molar-refractivity contribution in [2.24, 2.45) is 0 Å². The maximum atomic E-state index is 7.89. The standard InChI is InChI=1S/C13H19N/c1-9-5-3-6-11(9)10(2)12-7-4-8-13(12)14/h14H,3-8H2,1-2H3/b12-10-,14-13?. The van der Waals surface area contributed by atoms with Crippen LogP contribution in [-0.4, -0.2) is 5.71 Å². The number of hydrogen-bond donors (Lipinski definition) is 1. The molecule has 0 aliphatic heterocycles. The highest BCUT2D eigenvalue weighted by molar-refractivity contribution is 6.00. The second-order valence-electron chi connectivity index (χ2n) is 4.55. The Morgan fingerprint density at radius 1 is 1.07 bits per heavy atom. The third-order valence-electron chi connectivity index (χ3n) is 3.62. The number of rotatable bonds is 1. The van der Waals surface area contributed by atoms with Crippen LogP contribution in [0.25, 0.3) is 0 Å². The van der Waals surface area contributed by atoms with Crippen molar-refractivity contribution in [1.29, 1.82) is 5.41 Å². The zero-order chi connectivity index (χ0) is 10.1. The van der Waals surface area contributed by atoms with Crippen LogP contribution < -0.4 is 0 Å². The van der Waals surface area contributed by atoms with E-state index in [-0.39, 0.29) is 0 Å². The second-order valence-corrected chi connectivity index (χ2v) is 4.55. The molecule has 1 nitrogen and oxygen atoms in total. The first-order valence-corrected chi connectivity index (χ1v) is 5.66. The van der Waals surface area contributed by atoms with Gasteiger partial charge < -0.3 is 5.41 Å². The Kier molecular flexibility index (Phi) is 2.58. The summed E-state index contributed by atoms with van der Waals surface area (Å²) in [5.74, 6) is 0. The summed E-state index contributed by atoms with van der Waals surface area (Å²) in [5, 5.41) is 7.89. The number of allylic oxidation sites excluding steroid dienone is 4. The van der Waals surface area contributed by atoms with E-state index in [1.165, 1.54) is 36.8 Å². The average Bonchev–Trinajstić information content (AvgIpc) is 2.73. The third kappa shape index (κ3) is 1.56. The van der Waals surface area contributed by atoms with E-state index in [2.05, 4.69) is 13.8 Å². The zero-order valence-electron chi connectivity index (χ0n) is 9.24. The molecule has 0 radical (unpaired) electrons. The van der Waals surface area contributed by atoms with Gasteiger partial charge in [0.15, 0.2) is 0 Å². The quantitative estimate of drug-likeness (QED) is 0.644. The molecular formula is C13H19N. The molecule has 0 aromatic rings. The molecule has 0 spiro atoms. The lowest BCUT2D eigenvalue weighted by atomic mass is 9.97. The van der Waals surface area contributed by atoms with Gasteiger partial charge in [-0.15, -0.1) is 0 Å². The molecule has 0 aromatic carbocycles. The van der Waals surface area contributed by atoms with Gasteiger partial charge in [0.05, 0.1) is 0 Å². The van der Waals surface area contributed by atoms with Gasteiger partial charge >= 0.3 is 0 Å². The first kappa shape index (κ1) is 9.70. The Balaban J connectivity index is 2.34. The Hall–Kier alpha value is -0.850. The molecule has 1 heteroatoms. The molecule has 1 N–H and O–H groups in total. The van der Waals surface area contributed by atoms with Crippen LogP contribution in [0.5, 0.6) is 0 Å². The first-order valence-electron chi connectivity index (χ1n) is 5.66. The van der Waals surface area contributed by atoms with Crippen molar-refractivity contribution in [2.45, 2.75) is 52.4 Å². The molecule has 1 fully saturated rings. The first-order chi connectivity index (χ1) is 6.70. The lowest BCUT2D eigenvalue weighted by Crippen LogP contribution is -1.97. The topological polar surface area (TPSA) is 23.9 Å². The van der Waals surface area contributed by atoms with Crippen LogP contribution in [0.1, 0.15) is 52.4 Å². The third-order valence-corrected chi connectivity index (χ3v) is 3.62. The van der Waals surface area contributed by atoms with Gasteiger partial charge in [-0.05, 0) is 69.1 Å². The summed E-state index contributed by atoms with van der Waals surface area (Å²) in [6.45, 7) is 4.48. The summed E-state index contributed by atoms with van der Waals surface area (Å²) in [7, 11) is 0. The van der Waals surface area contributed by atoms with E-state index in [0.717, 1.165) is 18.6 Å². The molecule has 0 saturated heterocycles.